The van der Waals surface area contributed by atoms with E-state index >= 15 is 0 Å². The minimum absolute atomic E-state index is 0.882. The van der Waals surface area contributed by atoms with E-state index in [9.17, 15) is 0 Å². The van der Waals surface area contributed by atoms with Crippen LogP contribution in [0.2, 0.25) is 19.1 Å². The monoisotopic (exact) mass is 286 g/mol. The van der Waals surface area contributed by atoms with Crippen molar-refractivity contribution in [2.45, 2.75) is 58.2 Å². The molecule has 1 fully saturated rings. The molecular formula is C15H34N2OSi. The Kier molecular flexibility index (Phi) is 8.95. The van der Waals surface area contributed by atoms with Gasteiger partial charge in [0, 0.05) is 19.7 Å². The molecule has 0 unspecified atom stereocenters. The van der Waals surface area contributed by atoms with E-state index in [1.54, 1.807) is 0 Å². The van der Waals surface area contributed by atoms with Crippen LogP contribution < -0.4 is 5.32 Å². The number of nitrogens with one attached hydrogen (secondary N) is 1. The first-order chi connectivity index (χ1) is 9.14. The zero-order valence-corrected chi connectivity index (χ0v) is 14.3. The molecule has 0 aliphatic carbocycles. The fraction of sp³-hybridized carbons (Fsp3) is 1.00. The van der Waals surface area contributed by atoms with Crippen molar-refractivity contribution in [2.75, 3.05) is 39.3 Å². The van der Waals surface area contributed by atoms with Crippen molar-refractivity contribution in [3.63, 3.8) is 0 Å². The van der Waals surface area contributed by atoms with Gasteiger partial charge < -0.3 is 14.6 Å². The van der Waals surface area contributed by atoms with E-state index < -0.39 is 8.32 Å². The van der Waals surface area contributed by atoms with Crippen molar-refractivity contribution >= 4 is 8.32 Å². The highest BCUT2D eigenvalue weighted by Gasteiger charge is 2.20. The fourth-order valence-corrected chi connectivity index (χ4v) is 4.84. The van der Waals surface area contributed by atoms with Gasteiger partial charge in [-0.3, -0.25) is 0 Å². The van der Waals surface area contributed by atoms with E-state index in [0.717, 1.165) is 13.2 Å². The predicted octanol–water partition coefficient (Wildman–Crippen LogP) is 3.08. The molecule has 1 N–H and O–H groups in total. The van der Waals surface area contributed by atoms with Crippen LogP contribution in [-0.4, -0.2) is 52.5 Å². The van der Waals surface area contributed by atoms with Gasteiger partial charge in [0.2, 0.25) is 0 Å². The molecule has 0 amide bonds. The summed E-state index contributed by atoms with van der Waals surface area (Å²) < 4.78 is 5.85. The first-order valence-corrected chi connectivity index (χ1v) is 11.3. The van der Waals surface area contributed by atoms with Gasteiger partial charge >= 0.3 is 0 Å². The number of nitrogens with zero attached hydrogens (tertiary/aromatic N) is 1. The van der Waals surface area contributed by atoms with Crippen LogP contribution in [0.4, 0.5) is 0 Å². The first kappa shape index (κ1) is 17.1. The van der Waals surface area contributed by atoms with Crippen molar-refractivity contribution in [3.8, 4) is 0 Å². The summed E-state index contributed by atoms with van der Waals surface area (Å²) in [6, 6.07) is 1.30. The standard InChI is InChI=1S/C15H34N2OSi/c1-4-18-19(2,3)15-9-6-10-16-11-14-17-12-7-5-8-13-17/h16H,4-15H2,1-3H3. The Balaban J connectivity index is 1.88. The molecule has 1 aliphatic heterocycles. The Labute approximate surface area is 121 Å². The molecule has 1 heterocycles. The van der Waals surface area contributed by atoms with E-state index in [1.165, 1.54) is 64.3 Å². The van der Waals surface area contributed by atoms with E-state index in [-0.39, 0.29) is 0 Å². The molecule has 0 aromatic heterocycles. The third-order valence-corrected chi connectivity index (χ3v) is 6.60. The van der Waals surface area contributed by atoms with Crippen LogP contribution in [0.25, 0.3) is 0 Å². The number of unbranched alkanes of at least 4 members (excludes halogenated alkanes) is 1. The van der Waals surface area contributed by atoms with Crippen molar-refractivity contribution in [1.82, 2.24) is 10.2 Å². The second-order valence-electron chi connectivity index (χ2n) is 6.30. The molecule has 0 spiro atoms. The van der Waals surface area contributed by atoms with Gasteiger partial charge in [0.1, 0.15) is 0 Å². The number of likely N-dealkylation sites (tertiary alicyclic amines) is 1. The molecule has 0 bridgehead atoms. The van der Waals surface area contributed by atoms with Gasteiger partial charge in [-0.15, -0.1) is 0 Å². The molecule has 3 nitrogen and oxygen atoms in total. The summed E-state index contributed by atoms with van der Waals surface area (Å²) in [5.74, 6) is 0. The average molecular weight is 287 g/mol. The van der Waals surface area contributed by atoms with Crippen LogP contribution in [0.15, 0.2) is 0 Å². The summed E-state index contributed by atoms with van der Waals surface area (Å²) >= 11 is 0. The molecule has 0 aromatic carbocycles. The quantitative estimate of drug-likeness (QED) is 0.493. The summed E-state index contributed by atoms with van der Waals surface area (Å²) in [6.45, 7) is 13.9. The van der Waals surface area contributed by atoms with Crippen LogP contribution >= 0.6 is 0 Å². The van der Waals surface area contributed by atoms with Crippen LogP contribution in [0.1, 0.15) is 39.0 Å². The second kappa shape index (κ2) is 9.92. The van der Waals surface area contributed by atoms with Crippen LogP contribution in [0, 0.1) is 0 Å². The van der Waals surface area contributed by atoms with Gasteiger partial charge in [0.05, 0.1) is 0 Å². The van der Waals surface area contributed by atoms with Crippen LogP contribution in [-0.2, 0) is 4.43 Å². The SMILES string of the molecule is CCO[Si](C)(C)CCCCNCCN1CCCCC1. The molecule has 1 saturated heterocycles. The highest BCUT2D eigenvalue weighted by Crippen LogP contribution is 2.14. The maximum atomic E-state index is 5.85. The van der Waals surface area contributed by atoms with E-state index in [0.29, 0.717) is 0 Å². The Hall–Kier alpha value is 0.0969. The van der Waals surface area contributed by atoms with Crippen molar-refractivity contribution in [1.29, 1.82) is 0 Å². The lowest BCUT2D eigenvalue weighted by atomic mass is 10.1. The normalized spacial score (nSPS) is 17.8. The molecule has 1 rings (SSSR count). The highest BCUT2D eigenvalue weighted by molar-refractivity contribution is 6.71. The molecule has 1 aliphatic rings. The predicted molar refractivity (Wildman–Crippen MR) is 86.3 cm³/mol. The zero-order chi connectivity index (χ0) is 14.0. The van der Waals surface area contributed by atoms with E-state index in [4.69, 9.17) is 4.43 Å². The van der Waals surface area contributed by atoms with Crippen LogP contribution in [0.3, 0.4) is 0 Å². The number of piperidine rings is 1. The topological polar surface area (TPSA) is 24.5 Å². The lowest BCUT2D eigenvalue weighted by Gasteiger charge is -2.26. The summed E-state index contributed by atoms with van der Waals surface area (Å²) in [7, 11) is -1.33. The molecule has 114 valence electrons. The Bertz CT molecular complexity index is 218. The van der Waals surface area contributed by atoms with Gasteiger partial charge in [-0.05, 0) is 65.0 Å². The average Bonchev–Trinajstić information content (AvgIpc) is 2.38. The van der Waals surface area contributed by atoms with Gasteiger partial charge in [0.15, 0.2) is 8.32 Å². The van der Waals surface area contributed by atoms with Gasteiger partial charge in [-0.1, -0.05) is 12.8 Å². The Morgan fingerprint density at radius 1 is 1.05 bits per heavy atom. The molecule has 0 saturated carbocycles. The van der Waals surface area contributed by atoms with Gasteiger partial charge in [-0.2, -0.15) is 0 Å². The maximum Gasteiger partial charge on any atom is 0.186 e. The second-order valence-corrected chi connectivity index (χ2v) is 10.6. The van der Waals surface area contributed by atoms with Gasteiger partial charge in [0.25, 0.3) is 0 Å². The summed E-state index contributed by atoms with van der Waals surface area (Å²) in [5.41, 5.74) is 0. The molecular weight excluding hydrogens is 252 g/mol. The third-order valence-electron chi connectivity index (χ3n) is 3.97. The van der Waals surface area contributed by atoms with Crippen molar-refractivity contribution < 1.29 is 4.43 Å². The number of hydrogen-bond acceptors (Lipinski definition) is 3. The molecule has 0 atom stereocenters. The first-order valence-electron chi connectivity index (χ1n) is 8.21. The molecule has 0 aromatic rings. The Morgan fingerprint density at radius 2 is 1.79 bits per heavy atom. The minimum Gasteiger partial charge on any atom is -0.418 e. The lowest BCUT2D eigenvalue weighted by Crippen LogP contribution is -2.36. The number of rotatable bonds is 10. The number of hydrogen-bond donors (Lipinski definition) is 1. The molecule has 19 heavy (non-hydrogen) atoms. The zero-order valence-electron chi connectivity index (χ0n) is 13.3. The summed E-state index contributed by atoms with van der Waals surface area (Å²) in [6.07, 6.45) is 6.84. The van der Waals surface area contributed by atoms with Crippen LogP contribution in [0.5, 0.6) is 0 Å². The minimum atomic E-state index is -1.33. The van der Waals surface area contributed by atoms with Crippen molar-refractivity contribution in [2.24, 2.45) is 0 Å². The summed E-state index contributed by atoms with van der Waals surface area (Å²) in [5, 5.41) is 3.58. The fourth-order valence-electron chi connectivity index (χ4n) is 2.81. The van der Waals surface area contributed by atoms with E-state index in [2.05, 4.69) is 30.2 Å². The summed E-state index contributed by atoms with van der Waals surface area (Å²) in [4.78, 5) is 2.60. The van der Waals surface area contributed by atoms with Gasteiger partial charge in [-0.25, -0.2) is 0 Å². The largest absolute Gasteiger partial charge is 0.418 e. The molecule has 0 radical (unpaired) electrons. The smallest absolute Gasteiger partial charge is 0.186 e. The van der Waals surface area contributed by atoms with Crippen molar-refractivity contribution in [3.05, 3.63) is 0 Å². The Morgan fingerprint density at radius 3 is 2.47 bits per heavy atom. The third kappa shape index (κ3) is 8.79. The molecule has 4 heteroatoms. The maximum absolute atomic E-state index is 5.85. The lowest BCUT2D eigenvalue weighted by molar-refractivity contribution is 0.229. The highest BCUT2D eigenvalue weighted by atomic mass is 28.4. The van der Waals surface area contributed by atoms with E-state index in [1.807, 2.05) is 0 Å².